The standard InChI is InChI=1S/C29H38F3N5O.C29H36N4.C26H33FN4.C25H30N6/c1-21(2)36-16-14-35(15-17-36)13-10-33-24-8-11-37(12-9-24)25-5-3-4-22(18-25)28-20-23-19-26(38-29(30,31)32)6-7-27(23)34-28;1-20(2)22-7-9-25(10-8-22)31-26-12-14-33(15-13-26)27-5-3-4-23(17-27)29-18-24-16-21(19-30)6-11-28(24)32-29;1-19(2)29-12-14-31(15-13-29)23-8-10-30(11-9-23)24-5-3-4-20(17-24)26-18-21-16-22(27)6-7-25(21)28-26;1-18-7-8-21(16-22(18)24-15-19-5-3-4-6-23(19)29-24)31-13-10-20(11-14-31)26-12-9-25-27-17-28-30(25)2/h3-7,18-21,24,33-34H,8-17H2,1-2H3;3-6,11,16-18,20,22,25-26,31-32H,7-10,12-15H2,1-2H3;3-7,16-19,23,28H,8-15H2,1-2H3;3-8,15-17,20,26,29H,9-14H2,1-2H3. The summed E-state index contributed by atoms with van der Waals surface area (Å²) >= 11 is 0. The number of nitriles is 1. The summed E-state index contributed by atoms with van der Waals surface area (Å²) < 4.78 is 57.2. The van der Waals surface area contributed by atoms with Gasteiger partial charge in [0, 0.05) is 275 Å². The molecule has 7 N–H and O–H groups in total. The summed E-state index contributed by atoms with van der Waals surface area (Å²) in [7, 11) is 1.95. The Bertz CT molecular complexity index is 5930. The normalized spacial score (nSPS) is 18.8. The molecule has 133 heavy (non-hydrogen) atoms. The molecule has 7 fully saturated rings. The molecule has 702 valence electrons. The van der Waals surface area contributed by atoms with E-state index >= 15 is 0 Å². The van der Waals surface area contributed by atoms with Crippen LogP contribution < -0.4 is 40.3 Å². The van der Waals surface area contributed by atoms with Gasteiger partial charge in [0.15, 0.2) is 0 Å². The molecule has 20 rings (SSSR count). The molecule has 11 heterocycles. The minimum absolute atomic E-state index is 0.194. The van der Waals surface area contributed by atoms with Gasteiger partial charge in [0.2, 0.25) is 0 Å². The van der Waals surface area contributed by atoms with Crippen molar-refractivity contribution in [1.82, 2.24) is 70.3 Å². The van der Waals surface area contributed by atoms with E-state index in [2.05, 4.69) is 260 Å². The molecule has 1 aliphatic carbocycles. The number of nitrogens with one attached hydrogen (secondary N) is 7. The molecule has 0 amide bonds. The summed E-state index contributed by atoms with van der Waals surface area (Å²) in [4.78, 5) is 38.6. The van der Waals surface area contributed by atoms with E-state index in [1.807, 2.05) is 60.3 Å². The fraction of sp³-hybridized carbons (Fsp3) is 0.459. The van der Waals surface area contributed by atoms with E-state index in [9.17, 15) is 22.8 Å². The second-order valence-corrected chi connectivity index (χ2v) is 39.0. The number of hydrogen-bond donors (Lipinski definition) is 7. The number of benzene rings is 8. The highest BCUT2D eigenvalue weighted by atomic mass is 19.4. The van der Waals surface area contributed by atoms with Crippen LogP contribution >= 0.6 is 0 Å². The van der Waals surface area contributed by atoms with E-state index in [1.165, 1.54) is 165 Å². The third-order valence-electron chi connectivity index (χ3n) is 29.4. The summed E-state index contributed by atoms with van der Waals surface area (Å²) in [6.07, 6.45) is 12.8. The van der Waals surface area contributed by atoms with Crippen molar-refractivity contribution >= 4 is 66.4 Å². The first-order chi connectivity index (χ1) is 64.5. The lowest BCUT2D eigenvalue weighted by Gasteiger charge is -2.44. The molecule has 6 aliphatic heterocycles. The number of halogens is 4. The van der Waals surface area contributed by atoms with E-state index in [0.29, 0.717) is 41.2 Å². The maximum absolute atomic E-state index is 13.5. The molecule has 0 unspecified atom stereocenters. The average molecular weight is 1810 g/mol. The molecule has 20 nitrogen and oxygen atoms in total. The third kappa shape index (κ3) is 24.4. The van der Waals surface area contributed by atoms with Gasteiger partial charge in [0.25, 0.3) is 0 Å². The predicted octanol–water partition coefficient (Wildman–Crippen LogP) is 20.8. The molecule has 8 aromatic carbocycles. The van der Waals surface area contributed by atoms with Gasteiger partial charge in [0.1, 0.15) is 23.7 Å². The lowest BCUT2D eigenvalue weighted by molar-refractivity contribution is -0.274. The van der Waals surface area contributed by atoms with Crippen LogP contribution in [-0.4, -0.2) is 227 Å². The van der Waals surface area contributed by atoms with E-state index in [-0.39, 0.29) is 11.6 Å². The van der Waals surface area contributed by atoms with Crippen molar-refractivity contribution in [1.29, 1.82) is 5.26 Å². The Hall–Kier alpha value is -11.0. The van der Waals surface area contributed by atoms with E-state index in [0.717, 1.165) is 202 Å². The first kappa shape index (κ1) is 93.8. The average Bonchev–Trinajstić information content (AvgIpc) is 1.68. The molecule has 7 aliphatic rings. The minimum atomic E-state index is -4.70. The number of fused-ring (bicyclic) bond motifs is 4. The van der Waals surface area contributed by atoms with Crippen molar-refractivity contribution in [2.45, 2.75) is 181 Å². The van der Waals surface area contributed by atoms with Gasteiger partial charge < -0.3 is 60.2 Å². The Labute approximate surface area is 783 Å². The second kappa shape index (κ2) is 43.6. The number of alkyl halides is 3. The van der Waals surface area contributed by atoms with Gasteiger partial charge in [-0.1, -0.05) is 74.5 Å². The molecule has 0 atom stereocenters. The highest BCUT2D eigenvalue weighted by Gasteiger charge is 2.34. The molecule has 0 spiro atoms. The SMILES string of the molecule is CC(C)C1CCC(NC2CCN(c3cccc(-c4cc5cc(C#N)ccc5[nH]4)c3)CC2)CC1.CC(C)N1CCN(C2CCN(c3cccc(-c4cc5cc(F)ccc5[nH]4)c3)CC2)CC1.CC(C)N1CCN(CCNC2CCN(c3cccc(-c4cc5cc(OC(F)(F)F)ccc5[nH]4)c3)CC2)CC1.Cc1ccc(N2CCC(NCCc3ncnn3C)CC2)cc1-c1cc2ccccc2[nH]1. The number of H-pyrrole nitrogens is 4. The van der Waals surface area contributed by atoms with Crippen LogP contribution in [0.15, 0.2) is 200 Å². The number of hydrogen-bond acceptors (Lipinski definition) is 15. The lowest BCUT2D eigenvalue weighted by Crippen LogP contribution is -2.54. The summed E-state index contributed by atoms with van der Waals surface area (Å²) in [5.74, 6) is 2.40. The molecule has 6 saturated heterocycles. The largest absolute Gasteiger partial charge is 0.573 e. The molecular weight excluding hydrogens is 1670 g/mol. The molecule has 0 bridgehead atoms. The van der Waals surface area contributed by atoms with Crippen LogP contribution in [0, 0.1) is 35.9 Å². The first-order valence-electron chi connectivity index (χ1n) is 49.3. The zero-order chi connectivity index (χ0) is 92.1. The van der Waals surface area contributed by atoms with Crippen LogP contribution in [0.2, 0.25) is 0 Å². The van der Waals surface area contributed by atoms with Gasteiger partial charge >= 0.3 is 6.36 Å². The monoisotopic (exact) mass is 1800 g/mol. The Balaban J connectivity index is 0.000000124. The molecule has 5 aromatic heterocycles. The highest BCUT2D eigenvalue weighted by molar-refractivity contribution is 5.90. The lowest BCUT2D eigenvalue weighted by atomic mass is 9.79. The number of aromatic nitrogens is 7. The van der Waals surface area contributed by atoms with Gasteiger partial charge in [-0.15, -0.1) is 13.2 Å². The quantitative estimate of drug-likeness (QED) is 0.0299. The van der Waals surface area contributed by atoms with Gasteiger partial charge in [-0.25, -0.2) is 9.37 Å². The number of ether oxygens (including phenoxy) is 1. The van der Waals surface area contributed by atoms with Gasteiger partial charge in [-0.2, -0.15) is 10.4 Å². The smallest absolute Gasteiger partial charge is 0.406 e. The third-order valence-corrected chi connectivity index (χ3v) is 29.4. The minimum Gasteiger partial charge on any atom is -0.406 e. The Kier molecular flexibility index (Phi) is 30.7. The van der Waals surface area contributed by atoms with E-state index in [4.69, 9.17) is 0 Å². The van der Waals surface area contributed by atoms with Crippen LogP contribution in [-0.2, 0) is 13.5 Å². The second-order valence-electron chi connectivity index (χ2n) is 39.0. The van der Waals surface area contributed by atoms with Gasteiger partial charge in [-0.3, -0.25) is 24.3 Å². The predicted molar refractivity (Wildman–Crippen MR) is 538 cm³/mol. The first-order valence-corrected chi connectivity index (χ1v) is 49.3. The van der Waals surface area contributed by atoms with E-state index < -0.39 is 6.36 Å². The number of nitrogens with zero attached hydrogens (tertiary/aromatic N) is 12. The maximum atomic E-state index is 13.5. The Morgan fingerprint density at radius 3 is 1.45 bits per heavy atom. The summed E-state index contributed by atoms with van der Waals surface area (Å²) in [6.45, 7) is 37.3. The fourth-order valence-electron chi connectivity index (χ4n) is 21.3. The van der Waals surface area contributed by atoms with Crippen LogP contribution in [0.1, 0.15) is 136 Å². The van der Waals surface area contributed by atoms with Crippen molar-refractivity contribution in [3.05, 3.63) is 223 Å². The fourth-order valence-corrected chi connectivity index (χ4v) is 21.3. The van der Waals surface area contributed by atoms with Crippen molar-refractivity contribution in [3.63, 3.8) is 0 Å². The summed E-state index contributed by atoms with van der Waals surface area (Å²) in [6, 6.07) is 71.5. The number of aryl methyl sites for hydroxylation is 2. The van der Waals surface area contributed by atoms with Crippen molar-refractivity contribution in [2.75, 3.05) is 144 Å². The molecule has 1 saturated carbocycles. The number of anilines is 4. The summed E-state index contributed by atoms with van der Waals surface area (Å²) in [5, 5.41) is 28.7. The summed E-state index contributed by atoms with van der Waals surface area (Å²) in [5.41, 5.74) is 20.0. The van der Waals surface area contributed by atoms with Crippen molar-refractivity contribution < 1.29 is 22.3 Å². The topological polar surface area (TPSA) is 189 Å². The van der Waals surface area contributed by atoms with Gasteiger partial charge in [0.05, 0.1) is 11.6 Å². The van der Waals surface area contributed by atoms with Crippen LogP contribution in [0.3, 0.4) is 0 Å². The highest BCUT2D eigenvalue weighted by Crippen LogP contribution is 2.39. The van der Waals surface area contributed by atoms with E-state index in [1.54, 1.807) is 18.5 Å². The van der Waals surface area contributed by atoms with Crippen molar-refractivity contribution in [3.8, 4) is 56.8 Å². The number of aromatic amines is 4. The van der Waals surface area contributed by atoms with Crippen LogP contribution in [0.4, 0.5) is 40.3 Å². The number of piperazine rings is 2. The molecular formula is C109H137F4N19O. The zero-order valence-corrected chi connectivity index (χ0v) is 79.2. The Morgan fingerprint density at radius 1 is 0.451 bits per heavy atom. The molecule has 13 aromatic rings. The Morgan fingerprint density at radius 2 is 0.925 bits per heavy atom. The molecule has 0 radical (unpaired) electrons. The van der Waals surface area contributed by atoms with Crippen molar-refractivity contribution in [2.24, 2.45) is 18.9 Å². The number of rotatable bonds is 23. The van der Waals surface area contributed by atoms with Crippen LogP contribution in [0.25, 0.3) is 88.6 Å². The molecule has 24 heteroatoms. The maximum Gasteiger partial charge on any atom is 0.573 e. The zero-order valence-electron chi connectivity index (χ0n) is 79.2. The number of para-hydroxylation sites is 1. The number of piperidine rings is 4. The van der Waals surface area contributed by atoms with Gasteiger partial charge in [-0.05, 0) is 279 Å². The van der Waals surface area contributed by atoms with Crippen LogP contribution in [0.5, 0.6) is 5.75 Å².